The van der Waals surface area contributed by atoms with Crippen LogP contribution >= 0.6 is 0 Å². The first kappa shape index (κ1) is 19.6. The summed E-state index contributed by atoms with van der Waals surface area (Å²) in [7, 11) is 2.90. The number of hydrogen-bond acceptors (Lipinski definition) is 7. The van der Waals surface area contributed by atoms with Crippen LogP contribution in [-0.4, -0.2) is 53.7 Å². The van der Waals surface area contributed by atoms with Gasteiger partial charge in [0, 0.05) is 17.2 Å². The smallest absolute Gasteiger partial charge is 0.325 e. The Morgan fingerprint density at radius 1 is 1.14 bits per heavy atom. The third-order valence-electron chi connectivity index (χ3n) is 5.45. The molecule has 2 heterocycles. The zero-order valence-electron chi connectivity index (χ0n) is 15.4. The number of rotatable bonds is 6. The number of aliphatic carboxylic acids is 2. The molecular formula is C18H20N2O8. The molecule has 150 valence electrons. The van der Waals surface area contributed by atoms with Gasteiger partial charge in [-0.2, -0.15) is 0 Å². The average Bonchev–Trinajstić information content (AvgIpc) is 3.11. The fraction of sp³-hybridized carbons (Fsp3) is 0.444. The van der Waals surface area contributed by atoms with Crippen LogP contribution in [0.5, 0.6) is 11.5 Å². The largest absolute Gasteiger partial charge is 0.496 e. The summed E-state index contributed by atoms with van der Waals surface area (Å²) in [5.41, 5.74) is -1.07. The van der Waals surface area contributed by atoms with Gasteiger partial charge in [0.15, 0.2) is 0 Å². The Hall–Kier alpha value is -3.14. The summed E-state index contributed by atoms with van der Waals surface area (Å²) < 4.78 is 10.7. The molecule has 4 unspecified atom stereocenters. The number of carboxylic acids is 2. The topological polar surface area (TPSA) is 151 Å². The Labute approximate surface area is 159 Å². The van der Waals surface area contributed by atoms with Gasteiger partial charge in [-0.05, 0) is 13.0 Å². The van der Waals surface area contributed by atoms with E-state index in [0.29, 0.717) is 22.6 Å². The highest BCUT2D eigenvalue weighted by molar-refractivity contribution is 6.10. The van der Waals surface area contributed by atoms with Crippen molar-refractivity contribution in [3.63, 3.8) is 0 Å². The monoisotopic (exact) mass is 392 g/mol. The van der Waals surface area contributed by atoms with Crippen molar-refractivity contribution < 1.29 is 38.9 Å². The van der Waals surface area contributed by atoms with Gasteiger partial charge in [-0.25, -0.2) is 0 Å². The van der Waals surface area contributed by atoms with E-state index in [1.54, 1.807) is 19.1 Å². The first-order valence-corrected chi connectivity index (χ1v) is 8.47. The Morgan fingerprint density at radius 2 is 1.82 bits per heavy atom. The summed E-state index contributed by atoms with van der Waals surface area (Å²) in [5, 5.41) is 24.0. The van der Waals surface area contributed by atoms with Crippen molar-refractivity contribution >= 4 is 23.8 Å². The fourth-order valence-corrected chi connectivity index (χ4v) is 4.30. The number of carbonyl (C=O) groups is 4. The predicted octanol–water partition coefficient (Wildman–Crippen LogP) is -0.157. The minimum atomic E-state index is -2.13. The first-order chi connectivity index (χ1) is 13.2. The van der Waals surface area contributed by atoms with E-state index in [1.807, 2.05) is 0 Å². The van der Waals surface area contributed by atoms with Gasteiger partial charge in [0.25, 0.3) is 0 Å². The van der Waals surface area contributed by atoms with E-state index in [0.717, 1.165) is 0 Å². The summed E-state index contributed by atoms with van der Waals surface area (Å²) >= 11 is 0. The Morgan fingerprint density at radius 3 is 2.36 bits per heavy atom. The van der Waals surface area contributed by atoms with E-state index in [-0.39, 0.29) is 0 Å². The highest BCUT2D eigenvalue weighted by Gasteiger charge is 2.67. The summed E-state index contributed by atoms with van der Waals surface area (Å²) in [6.45, 7) is 1.73. The number of methoxy groups -OCH3 is 2. The van der Waals surface area contributed by atoms with Gasteiger partial charge < -0.3 is 19.7 Å². The molecular weight excluding hydrogens is 372 g/mol. The summed E-state index contributed by atoms with van der Waals surface area (Å²) in [5.74, 6) is -5.96. The normalized spacial score (nSPS) is 28.6. The lowest BCUT2D eigenvalue weighted by Gasteiger charge is -2.28. The van der Waals surface area contributed by atoms with Gasteiger partial charge >= 0.3 is 11.9 Å². The number of ether oxygens (including phenoxy) is 2. The standard InChI is InChI=1S/C18H20N2O8/c1-7-9(27-2)5-4-8(14(7)28-3)13-11-12(16(24)19-15(11)23)18(20-13,17(25)26)6-10(21)22/h4-5,11-13,20H,6H2,1-3H3,(H,21,22)(H,25,26)(H,19,23,24). The molecule has 2 aliphatic heterocycles. The zero-order valence-corrected chi connectivity index (χ0v) is 15.4. The van der Waals surface area contributed by atoms with Gasteiger partial charge in [-0.3, -0.25) is 29.8 Å². The number of fused-ring (bicyclic) bond motifs is 1. The van der Waals surface area contributed by atoms with Crippen molar-refractivity contribution in [3.8, 4) is 11.5 Å². The van der Waals surface area contributed by atoms with Crippen molar-refractivity contribution in [1.29, 1.82) is 0 Å². The first-order valence-electron chi connectivity index (χ1n) is 8.47. The third-order valence-corrected chi connectivity index (χ3v) is 5.45. The summed E-state index contributed by atoms with van der Waals surface area (Å²) in [4.78, 5) is 48.3. The van der Waals surface area contributed by atoms with Gasteiger partial charge in [0.2, 0.25) is 11.8 Å². The van der Waals surface area contributed by atoms with Crippen LogP contribution in [0, 0.1) is 18.8 Å². The fourth-order valence-electron chi connectivity index (χ4n) is 4.30. The molecule has 10 heteroatoms. The molecule has 10 nitrogen and oxygen atoms in total. The third kappa shape index (κ3) is 2.68. The molecule has 2 amide bonds. The summed E-state index contributed by atoms with van der Waals surface area (Å²) in [6, 6.07) is 2.30. The molecule has 1 aromatic carbocycles. The highest BCUT2D eigenvalue weighted by Crippen LogP contribution is 2.50. The molecule has 28 heavy (non-hydrogen) atoms. The second kappa shape index (κ2) is 6.79. The molecule has 3 rings (SSSR count). The van der Waals surface area contributed by atoms with Crippen LogP contribution in [0.1, 0.15) is 23.6 Å². The maximum Gasteiger partial charge on any atom is 0.325 e. The molecule has 1 aromatic rings. The molecule has 0 aliphatic carbocycles. The van der Waals surface area contributed by atoms with Gasteiger partial charge in [0.05, 0.1) is 32.5 Å². The van der Waals surface area contributed by atoms with E-state index in [9.17, 15) is 29.4 Å². The minimum Gasteiger partial charge on any atom is -0.496 e. The molecule has 2 aliphatic rings. The molecule has 2 saturated heterocycles. The Kier molecular flexibility index (Phi) is 4.76. The van der Waals surface area contributed by atoms with Gasteiger partial charge in [-0.15, -0.1) is 0 Å². The van der Waals surface area contributed by atoms with Crippen molar-refractivity contribution in [3.05, 3.63) is 23.3 Å². The molecule has 0 saturated carbocycles. The highest BCUT2D eigenvalue weighted by atomic mass is 16.5. The molecule has 0 radical (unpaired) electrons. The zero-order chi connectivity index (χ0) is 20.8. The number of benzene rings is 1. The minimum absolute atomic E-state index is 0.360. The van der Waals surface area contributed by atoms with E-state index in [2.05, 4.69) is 10.6 Å². The maximum absolute atomic E-state index is 12.5. The van der Waals surface area contributed by atoms with Crippen LogP contribution in [-0.2, 0) is 19.2 Å². The number of imide groups is 1. The molecule has 0 aromatic heterocycles. The van der Waals surface area contributed by atoms with Crippen molar-refractivity contribution in [2.24, 2.45) is 11.8 Å². The molecule has 4 N–H and O–H groups in total. The van der Waals surface area contributed by atoms with E-state index >= 15 is 0 Å². The Balaban J connectivity index is 2.19. The quantitative estimate of drug-likeness (QED) is 0.484. The van der Waals surface area contributed by atoms with Crippen LogP contribution in [0.3, 0.4) is 0 Å². The number of amides is 2. The van der Waals surface area contributed by atoms with E-state index in [4.69, 9.17) is 9.47 Å². The SMILES string of the molecule is COc1ccc(C2NC(CC(=O)O)(C(=O)O)C3C(=O)NC(=O)C23)c(OC)c1C. The van der Waals surface area contributed by atoms with Gasteiger partial charge in [-0.1, -0.05) is 6.07 Å². The lowest BCUT2D eigenvalue weighted by atomic mass is 9.77. The average molecular weight is 392 g/mol. The van der Waals surface area contributed by atoms with Crippen molar-refractivity contribution in [1.82, 2.24) is 10.6 Å². The van der Waals surface area contributed by atoms with E-state index < -0.39 is 53.6 Å². The summed E-state index contributed by atoms with van der Waals surface area (Å²) in [6.07, 6.45) is -0.863. The van der Waals surface area contributed by atoms with Gasteiger partial charge in [0.1, 0.15) is 17.0 Å². The second-order valence-electron chi connectivity index (χ2n) is 6.84. The van der Waals surface area contributed by atoms with Crippen LogP contribution in [0.15, 0.2) is 12.1 Å². The molecule has 0 spiro atoms. The lowest BCUT2D eigenvalue weighted by Crippen LogP contribution is -2.56. The van der Waals surface area contributed by atoms with Crippen LogP contribution < -0.4 is 20.1 Å². The maximum atomic E-state index is 12.5. The second-order valence-corrected chi connectivity index (χ2v) is 6.84. The number of carbonyl (C=O) groups excluding carboxylic acids is 2. The van der Waals surface area contributed by atoms with Crippen molar-refractivity contribution in [2.45, 2.75) is 24.9 Å². The van der Waals surface area contributed by atoms with Crippen LogP contribution in [0.25, 0.3) is 0 Å². The molecule has 2 fully saturated rings. The number of nitrogens with one attached hydrogen (secondary N) is 2. The van der Waals surface area contributed by atoms with Crippen LogP contribution in [0.4, 0.5) is 0 Å². The predicted molar refractivity (Wildman–Crippen MR) is 92.9 cm³/mol. The lowest BCUT2D eigenvalue weighted by molar-refractivity contribution is -0.154. The number of carboxylic acid groups (broad SMARTS) is 2. The molecule has 4 atom stereocenters. The van der Waals surface area contributed by atoms with Crippen molar-refractivity contribution in [2.75, 3.05) is 14.2 Å². The van der Waals surface area contributed by atoms with E-state index in [1.165, 1.54) is 14.2 Å². The number of hydrogen-bond donors (Lipinski definition) is 4. The molecule has 0 bridgehead atoms. The van der Waals surface area contributed by atoms with Crippen LogP contribution in [0.2, 0.25) is 0 Å². The Bertz CT molecular complexity index is 883.